The number of rotatable bonds is 3. The van der Waals surface area contributed by atoms with E-state index in [9.17, 15) is 0 Å². The molecule has 1 aromatic carbocycles. The number of hydrogen-bond acceptors (Lipinski definition) is 4. The maximum atomic E-state index is 6.24. The molecular weight excluding hydrogens is 331 g/mol. The van der Waals surface area contributed by atoms with E-state index in [1.54, 1.807) is 0 Å². The summed E-state index contributed by atoms with van der Waals surface area (Å²) in [4.78, 5) is 4.59. The molecule has 0 saturated heterocycles. The Bertz CT molecular complexity index is 722. The molecule has 0 amide bonds. The van der Waals surface area contributed by atoms with E-state index < -0.39 is 0 Å². The highest BCUT2D eigenvalue weighted by Crippen LogP contribution is 2.39. The molecule has 0 bridgehead atoms. The molecule has 0 spiro atoms. The van der Waals surface area contributed by atoms with Crippen molar-refractivity contribution in [3.63, 3.8) is 0 Å². The van der Waals surface area contributed by atoms with Crippen molar-refractivity contribution in [2.24, 2.45) is 5.73 Å². The number of thiophene rings is 1. The summed E-state index contributed by atoms with van der Waals surface area (Å²) in [6.45, 7) is 0. The second kappa shape index (κ2) is 5.84. The SMILES string of the molecule is NC(c1ccccc1)c1nc(-c2cc(Cl)sc2Cl)cs1. The quantitative estimate of drug-likeness (QED) is 0.709. The highest BCUT2D eigenvalue weighted by atomic mass is 35.5. The van der Waals surface area contributed by atoms with E-state index in [0.717, 1.165) is 21.8 Å². The van der Waals surface area contributed by atoms with Crippen LogP contribution >= 0.6 is 45.9 Å². The molecule has 20 heavy (non-hydrogen) atoms. The molecule has 2 N–H and O–H groups in total. The maximum absolute atomic E-state index is 6.24. The summed E-state index contributed by atoms with van der Waals surface area (Å²) >= 11 is 15.0. The number of nitrogens with zero attached hydrogens (tertiary/aromatic N) is 1. The van der Waals surface area contributed by atoms with Crippen molar-refractivity contribution in [3.05, 3.63) is 61.0 Å². The van der Waals surface area contributed by atoms with Crippen molar-refractivity contribution in [2.45, 2.75) is 6.04 Å². The lowest BCUT2D eigenvalue weighted by Gasteiger charge is -2.07. The molecule has 0 fully saturated rings. The molecule has 0 radical (unpaired) electrons. The van der Waals surface area contributed by atoms with Crippen molar-refractivity contribution in [3.8, 4) is 11.3 Å². The monoisotopic (exact) mass is 340 g/mol. The lowest BCUT2D eigenvalue weighted by Crippen LogP contribution is -2.11. The normalized spacial score (nSPS) is 12.6. The van der Waals surface area contributed by atoms with Crippen LogP contribution in [0, 0.1) is 0 Å². The van der Waals surface area contributed by atoms with Gasteiger partial charge in [-0.2, -0.15) is 0 Å². The molecule has 2 heterocycles. The van der Waals surface area contributed by atoms with Gasteiger partial charge in [-0.25, -0.2) is 4.98 Å². The molecule has 6 heteroatoms. The molecule has 3 aromatic rings. The van der Waals surface area contributed by atoms with Crippen molar-refractivity contribution in [2.75, 3.05) is 0 Å². The van der Waals surface area contributed by atoms with E-state index >= 15 is 0 Å². The first-order chi connectivity index (χ1) is 9.65. The van der Waals surface area contributed by atoms with Crippen LogP contribution in [0.25, 0.3) is 11.3 Å². The molecule has 1 atom stereocenters. The van der Waals surface area contributed by atoms with Crippen molar-refractivity contribution < 1.29 is 0 Å². The summed E-state index contributed by atoms with van der Waals surface area (Å²) < 4.78 is 1.31. The predicted octanol–water partition coefficient (Wildman–Crippen LogP) is 5.23. The summed E-state index contributed by atoms with van der Waals surface area (Å²) in [5.74, 6) is 0. The Morgan fingerprint density at radius 2 is 1.90 bits per heavy atom. The Kier molecular flexibility index (Phi) is 4.10. The Morgan fingerprint density at radius 3 is 2.55 bits per heavy atom. The zero-order valence-corrected chi connectivity index (χ0v) is 13.4. The standard InChI is InChI=1S/C14H10Cl2N2S2/c15-11-6-9(13(16)20-11)10-7-19-14(18-10)12(17)8-4-2-1-3-5-8/h1-7,12H,17H2. The number of thiazole rings is 1. The van der Waals surface area contributed by atoms with E-state index in [1.807, 2.05) is 41.8 Å². The predicted molar refractivity (Wildman–Crippen MR) is 87.9 cm³/mol. The molecule has 0 saturated carbocycles. The Labute approximate surface area is 134 Å². The van der Waals surface area contributed by atoms with Crippen molar-refractivity contribution >= 4 is 45.9 Å². The minimum absolute atomic E-state index is 0.220. The molecule has 102 valence electrons. The van der Waals surface area contributed by atoms with Crippen LogP contribution in [0.15, 0.2) is 41.8 Å². The number of halogens is 2. The molecule has 1 unspecified atom stereocenters. The van der Waals surface area contributed by atoms with Gasteiger partial charge in [0, 0.05) is 10.9 Å². The van der Waals surface area contributed by atoms with Crippen LogP contribution in [-0.2, 0) is 0 Å². The van der Waals surface area contributed by atoms with E-state index in [2.05, 4.69) is 4.98 Å². The van der Waals surface area contributed by atoms with E-state index in [0.29, 0.717) is 8.67 Å². The molecule has 3 rings (SSSR count). The lowest BCUT2D eigenvalue weighted by atomic mass is 10.1. The van der Waals surface area contributed by atoms with Gasteiger partial charge in [-0.1, -0.05) is 53.5 Å². The van der Waals surface area contributed by atoms with Gasteiger partial charge in [-0.05, 0) is 11.6 Å². The van der Waals surface area contributed by atoms with Crippen molar-refractivity contribution in [1.29, 1.82) is 0 Å². The van der Waals surface area contributed by atoms with Gasteiger partial charge in [0.25, 0.3) is 0 Å². The minimum atomic E-state index is -0.220. The number of benzene rings is 1. The highest BCUT2D eigenvalue weighted by Gasteiger charge is 2.16. The summed E-state index contributed by atoms with van der Waals surface area (Å²) in [6, 6.07) is 11.5. The third kappa shape index (κ3) is 2.75. The van der Waals surface area contributed by atoms with Crippen LogP contribution in [0.2, 0.25) is 8.67 Å². The van der Waals surface area contributed by atoms with E-state index in [4.69, 9.17) is 28.9 Å². The van der Waals surface area contributed by atoms with Crippen LogP contribution in [0.4, 0.5) is 0 Å². The van der Waals surface area contributed by atoms with Gasteiger partial charge in [0.15, 0.2) is 0 Å². The number of aromatic nitrogens is 1. The smallest absolute Gasteiger partial charge is 0.115 e. The number of nitrogens with two attached hydrogens (primary N) is 1. The summed E-state index contributed by atoms with van der Waals surface area (Å²) in [5, 5.41) is 2.83. The van der Waals surface area contributed by atoms with Crippen LogP contribution < -0.4 is 5.73 Å². The molecule has 0 aliphatic heterocycles. The first-order valence-electron chi connectivity index (χ1n) is 5.86. The second-order valence-electron chi connectivity index (χ2n) is 4.20. The minimum Gasteiger partial charge on any atom is -0.318 e. The van der Waals surface area contributed by atoms with E-state index in [1.165, 1.54) is 22.7 Å². The van der Waals surface area contributed by atoms with Gasteiger partial charge in [-0.3, -0.25) is 0 Å². The molecule has 2 aromatic heterocycles. The van der Waals surface area contributed by atoms with Crippen LogP contribution in [-0.4, -0.2) is 4.98 Å². The van der Waals surface area contributed by atoms with Gasteiger partial charge in [0.2, 0.25) is 0 Å². The van der Waals surface area contributed by atoms with Crippen LogP contribution in [0.1, 0.15) is 16.6 Å². The topological polar surface area (TPSA) is 38.9 Å². The zero-order valence-electron chi connectivity index (χ0n) is 10.2. The van der Waals surface area contributed by atoms with Crippen LogP contribution in [0.3, 0.4) is 0 Å². The third-order valence-electron chi connectivity index (χ3n) is 2.88. The highest BCUT2D eigenvalue weighted by molar-refractivity contribution is 7.20. The number of hydrogen-bond donors (Lipinski definition) is 1. The van der Waals surface area contributed by atoms with Gasteiger partial charge in [0.1, 0.15) is 9.34 Å². The zero-order chi connectivity index (χ0) is 14.1. The largest absolute Gasteiger partial charge is 0.318 e. The average Bonchev–Trinajstić information content (AvgIpc) is 3.05. The fourth-order valence-corrected chi connectivity index (χ4v) is 4.20. The first-order valence-corrected chi connectivity index (χ1v) is 8.31. The lowest BCUT2D eigenvalue weighted by molar-refractivity contribution is 0.859. The summed E-state index contributed by atoms with van der Waals surface area (Å²) in [6.07, 6.45) is 0. The molecule has 2 nitrogen and oxygen atoms in total. The van der Waals surface area contributed by atoms with Gasteiger partial charge >= 0.3 is 0 Å². The van der Waals surface area contributed by atoms with Crippen LogP contribution in [0.5, 0.6) is 0 Å². The van der Waals surface area contributed by atoms with E-state index in [-0.39, 0.29) is 6.04 Å². The first kappa shape index (κ1) is 14.0. The average molecular weight is 341 g/mol. The third-order valence-corrected chi connectivity index (χ3v) is 5.29. The Morgan fingerprint density at radius 1 is 1.15 bits per heavy atom. The van der Waals surface area contributed by atoms with Gasteiger partial charge in [-0.15, -0.1) is 22.7 Å². The summed E-state index contributed by atoms with van der Waals surface area (Å²) in [5.41, 5.74) is 8.98. The molecular formula is C14H10Cl2N2S2. The fourth-order valence-electron chi connectivity index (χ4n) is 1.87. The molecule has 0 aliphatic carbocycles. The Balaban J connectivity index is 1.93. The second-order valence-corrected chi connectivity index (χ2v) is 7.37. The fraction of sp³-hybridized carbons (Fsp3) is 0.0714. The summed E-state index contributed by atoms with van der Waals surface area (Å²) in [7, 11) is 0. The van der Waals surface area contributed by atoms with Crippen molar-refractivity contribution in [1.82, 2.24) is 4.98 Å². The van der Waals surface area contributed by atoms with Gasteiger partial charge < -0.3 is 5.73 Å². The maximum Gasteiger partial charge on any atom is 0.115 e. The molecule has 0 aliphatic rings. The van der Waals surface area contributed by atoms with Gasteiger partial charge in [0.05, 0.1) is 16.1 Å². The Hall–Kier alpha value is -0.910.